The number of hydrogen-bond acceptors (Lipinski definition) is 5. The predicted octanol–water partition coefficient (Wildman–Crippen LogP) is 5.32. The first-order valence-corrected chi connectivity index (χ1v) is 12.5. The van der Waals surface area contributed by atoms with Crippen molar-refractivity contribution in [2.45, 2.75) is 30.3 Å². The normalized spacial score (nSPS) is 18.2. The monoisotopic (exact) mass is 519 g/mol. The molecule has 1 aliphatic rings. The number of alkyl halides is 3. The minimum Gasteiger partial charge on any atom is -0.497 e. The number of anilines is 1. The molecule has 2 unspecified atom stereocenters. The number of nitrogens with one attached hydrogen (secondary N) is 1. The van der Waals surface area contributed by atoms with Crippen molar-refractivity contribution in [1.82, 2.24) is 0 Å². The van der Waals surface area contributed by atoms with Crippen LogP contribution in [0.2, 0.25) is 0 Å². The summed E-state index contributed by atoms with van der Waals surface area (Å²) in [5, 5.41) is 2.65. The van der Waals surface area contributed by atoms with E-state index in [2.05, 4.69) is 5.32 Å². The Morgan fingerprint density at radius 2 is 1.67 bits per heavy atom. The molecule has 0 aliphatic carbocycles. The third-order valence-electron chi connectivity index (χ3n) is 6.21. The standard InChI is InChI=1S/C26H24F3NO5S/c1-16-3-10-21(11-4-16)36(32,33)35-15-23-22(17-5-8-20(34-2)9-6-17)14-18-13-19(26(27,28)29)7-12-24(18)30-25(23)31/h3-13,22-23H,14-15H2,1-2H3,(H,30,31). The van der Waals surface area contributed by atoms with Gasteiger partial charge in [0.2, 0.25) is 5.91 Å². The zero-order valence-corrected chi connectivity index (χ0v) is 20.3. The third kappa shape index (κ3) is 5.55. The van der Waals surface area contributed by atoms with Gasteiger partial charge in [-0.2, -0.15) is 21.6 Å². The molecule has 0 saturated carbocycles. The van der Waals surface area contributed by atoms with Crippen molar-refractivity contribution in [3.8, 4) is 5.75 Å². The molecule has 0 bridgehead atoms. The Morgan fingerprint density at radius 1 is 1.00 bits per heavy atom. The summed E-state index contributed by atoms with van der Waals surface area (Å²) >= 11 is 0. The second kappa shape index (κ2) is 9.94. The summed E-state index contributed by atoms with van der Waals surface area (Å²) in [6.07, 6.45) is -4.49. The summed E-state index contributed by atoms with van der Waals surface area (Å²) in [5.41, 5.74) is 1.21. The average molecular weight is 520 g/mol. The van der Waals surface area contributed by atoms with Gasteiger partial charge >= 0.3 is 6.18 Å². The number of halogens is 3. The number of hydrogen-bond donors (Lipinski definition) is 1. The molecule has 0 aromatic heterocycles. The number of aryl methyl sites for hydroxylation is 1. The van der Waals surface area contributed by atoms with E-state index in [0.29, 0.717) is 16.9 Å². The number of carbonyl (C=O) groups excluding carboxylic acids is 1. The van der Waals surface area contributed by atoms with Gasteiger partial charge in [0.05, 0.1) is 30.1 Å². The molecule has 1 heterocycles. The Bertz CT molecular complexity index is 1350. The van der Waals surface area contributed by atoms with Gasteiger partial charge in [-0.05, 0) is 66.9 Å². The minimum absolute atomic E-state index is 0.0544. The van der Waals surface area contributed by atoms with Crippen LogP contribution < -0.4 is 10.1 Å². The second-order valence-electron chi connectivity index (χ2n) is 8.60. The number of rotatable bonds is 6. The third-order valence-corrected chi connectivity index (χ3v) is 7.51. The number of benzene rings is 3. The molecule has 0 fully saturated rings. The van der Waals surface area contributed by atoms with E-state index in [4.69, 9.17) is 8.92 Å². The maximum Gasteiger partial charge on any atom is 0.416 e. The van der Waals surface area contributed by atoms with Gasteiger partial charge in [0.15, 0.2) is 0 Å². The van der Waals surface area contributed by atoms with E-state index in [-0.39, 0.29) is 17.0 Å². The summed E-state index contributed by atoms with van der Waals surface area (Å²) in [4.78, 5) is 13.2. The lowest BCUT2D eigenvalue weighted by Gasteiger charge is -2.24. The van der Waals surface area contributed by atoms with Crippen LogP contribution in [0.4, 0.5) is 18.9 Å². The zero-order chi connectivity index (χ0) is 26.1. The number of methoxy groups -OCH3 is 1. The lowest BCUT2D eigenvalue weighted by Crippen LogP contribution is -2.31. The van der Waals surface area contributed by atoms with Gasteiger partial charge in [0.1, 0.15) is 5.75 Å². The Morgan fingerprint density at radius 3 is 2.28 bits per heavy atom. The molecular weight excluding hydrogens is 495 g/mol. The maximum absolute atomic E-state index is 13.4. The Labute approximate surface area is 207 Å². The highest BCUT2D eigenvalue weighted by molar-refractivity contribution is 7.86. The first kappa shape index (κ1) is 25.7. The van der Waals surface area contributed by atoms with Crippen molar-refractivity contribution in [2.75, 3.05) is 19.0 Å². The van der Waals surface area contributed by atoms with Crippen LogP contribution in [0.15, 0.2) is 71.6 Å². The molecule has 0 radical (unpaired) electrons. The Hall–Kier alpha value is -3.37. The van der Waals surface area contributed by atoms with Crippen molar-refractivity contribution >= 4 is 21.7 Å². The fourth-order valence-electron chi connectivity index (χ4n) is 4.18. The largest absolute Gasteiger partial charge is 0.497 e. The molecule has 4 rings (SSSR count). The highest BCUT2D eigenvalue weighted by Crippen LogP contribution is 2.39. The summed E-state index contributed by atoms with van der Waals surface area (Å²) in [6.45, 7) is 1.33. The molecule has 2 atom stereocenters. The van der Waals surface area contributed by atoms with Gasteiger partial charge in [0.25, 0.3) is 10.1 Å². The maximum atomic E-state index is 13.4. The lowest BCUT2D eigenvalue weighted by atomic mass is 9.82. The molecule has 36 heavy (non-hydrogen) atoms. The van der Waals surface area contributed by atoms with Crippen LogP contribution in [0.25, 0.3) is 0 Å². The van der Waals surface area contributed by atoms with Crippen LogP contribution in [-0.4, -0.2) is 28.0 Å². The number of amides is 1. The molecule has 0 spiro atoms. The quantitative estimate of drug-likeness (QED) is 0.446. The van der Waals surface area contributed by atoms with E-state index in [1.54, 1.807) is 36.4 Å². The lowest BCUT2D eigenvalue weighted by molar-refractivity contribution is -0.137. The summed E-state index contributed by atoms with van der Waals surface area (Å²) < 4.78 is 76.1. The van der Waals surface area contributed by atoms with Crippen LogP contribution in [-0.2, 0) is 31.7 Å². The van der Waals surface area contributed by atoms with Gasteiger partial charge in [-0.1, -0.05) is 29.8 Å². The zero-order valence-electron chi connectivity index (χ0n) is 19.5. The first-order valence-electron chi connectivity index (χ1n) is 11.1. The molecular formula is C26H24F3NO5S. The summed E-state index contributed by atoms with van der Waals surface area (Å²) in [7, 11) is -2.67. The Kier molecular flexibility index (Phi) is 7.10. The van der Waals surface area contributed by atoms with E-state index >= 15 is 0 Å². The molecule has 1 aliphatic heterocycles. The summed E-state index contributed by atoms with van der Waals surface area (Å²) in [6, 6.07) is 16.0. The fourth-order valence-corrected chi connectivity index (χ4v) is 5.11. The van der Waals surface area contributed by atoms with Crippen LogP contribution in [0.1, 0.15) is 28.2 Å². The van der Waals surface area contributed by atoms with Gasteiger partial charge in [-0.3, -0.25) is 8.98 Å². The van der Waals surface area contributed by atoms with E-state index < -0.39 is 46.2 Å². The van der Waals surface area contributed by atoms with E-state index in [1.165, 1.54) is 25.3 Å². The number of fused-ring (bicyclic) bond motifs is 1. The molecule has 3 aromatic carbocycles. The summed E-state index contributed by atoms with van der Waals surface area (Å²) in [5.74, 6) is -1.64. The molecule has 3 aromatic rings. The van der Waals surface area contributed by atoms with Gasteiger partial charge < -0.3 is 10.1 Å². The van der Waals surface area contributed by atoms with Gasteiger partial charge in [-0.25, -0.2) is 0 Å². The molecule has 1 amide bonds. The van der Waals surface area contributed by atoms with Crippen molar-refractivity contribution < 1.29 is 35.3 Å². The smallest absolute Gasteiger partial charge is 0.416 e. The molecule has 0 saturated heterocycles. The fraction of sp³-hybridized carbons (Fsp3) is 0.269. The first-order chi connectivity index (χ1) is 17.0. The van der Waals surface area contributed by atoms with Crippen LogP contribution in [0.3, 0.4) is 0 Å². The van der Waals surface area contributed by atoms with E-state index in [9.17, 15) is 26.4 Å². The predicted molar refractivity (Wildman–Crippen MR) is 127 cm³/mol. The molecule has 190 valence electrons. The number of carbonyl (C=O) groups is 1. The highest BCUT2D eigenvalue weighted by atomic mass is 32.2. The Balaban J connectivity index is 1.70. The van der Waals surface area contributed by atoms with Crippen molar-refractivity contribution in [3.63, 3.8) is 0 Å². The van der Waals surface area contributed by atoms with E-state index in [0.717, 1.165) is 17.7 Å². The average Bonchev–Trinajstić information content (AvgIpc) is 2.97. The SMILES string of the molecule is COc1ccc(C2Cc3cc(C(F)(F)F)ccc3NC(=O)C2COS(=O)(=O)c2ccc(C)cc2)cc1. The highest BCUT2D eigenvalue weighted by Gasteiger charge is 2.37. The second-order valence-corrected chi connectivity index (χ2v) is 10.2. The van der Waals surface area contributed by atoms with Crippen LogP contribution >= 0.6 is 0 Å². The van der Waals surface area contributed by atoms with Crippen LogP contribution in [0.5, 0.6) is 5.75 Å². The molecule has 1 N–H and O–H groups in total. The minimum atomic E-state index is -4.55. The van der Waals surface area contributed by atoms with Crippen molar-refractivity contribution in [1.29, 1.82) is 0 Å². The van der Waals surface area contributed by atoms with Crippen LogP contribution in [0, 0.1) is 12.8 Å². The van der Waals surface area contributed by atoms with Crippen molar-refractivity contribution in [3.05, 3.63) is 89.0 Å². The molecule has 6 nitrogen and oxygen atoms in total. The van der Waals surface area contributed by atoms with Gasteiger partial charge in [-0.15, -0.1) is 0 Å². The molecule has 10 heteroatoms. The number of ether oxygens (including phenoxy) is 1. The van der Waals surface area contributed by atoms with Crippen molar-refractivity contribution in [2.24, 2.45) is 5.92 Å². The van der Waals surface area contributed by atoms with E-state index in [1.807, 2.05) is 6.92 Å². The topological polar surface area (TPSA) is 81.7 Å². The van der Waals surface area contributed by atoms with Gasteiger partial charge in [0, 0.05) is 11.6 Å².